The lowest BCUT2D eigenvalue weighted by molar-refractivity contribution is -0.164. The minimum atomic E-state index is -5.84. The van der Waals surface area contributed by atoms with Crippen LogP contribution in [0.3, 0.4) is 0 Å². The molecule has 0 bridgehead atoms. The fraction of sp³-hybridized carbons (Fsp3) is 0.500. The average molecular weight is 342 g/mol. The van der Waals surface area contributed by atoms with Gasteiger partial charge in [-0.1, -0.05) is 6.58 Å². The maximum atomic E-state index is 12.6. The molecular weight excluding hydrogens is 335 g/mol. The molecule has 0 aromatic rings. The Morgan fingerprint density at radius 2 is 1.57 bits per heavy atom. The Balaban J connectivity index is 4.37. The minimum absolute atomic E-state index is 1.49. The first-order valence-corrected chi connectivity index (χ1v) is 6.06. The Kier molecular flexibility index (Phi) is 5.81. The highest BCUT2D eigenvalue weighted by Crippen LogP contribution is 2.25. The van der Waals surface area contributed by atoms with Gasteiger partial charge in [-0.3, -0.25) is 4.55 Å². The Labute approximate surface area is 114 Å². The van der Waals surface area contributed by atoms with Crippen molar-refractivity contribution in [3.8, 4) is 0 Å². The summed E-state index contributed by atoms with van der Waals surface area (Å²) in [4.78, 5) is 21.5. The first kappa shape index (κ1) is 19.2. The number of ether oxygens (including phenoxy) is 2. The molecule has 13 heteroatoms. The lowest BCUT2D eigenvalue weighted by Crippen LogP contribution is -2.35. The molecule has 0 aromatic carbocycles. The molecule has 0 aliphatic rings. The maximum absolute atomic E-state index is 12.6. The second-order valence-corrected chi connectivity index (χ2v) is 4.87. The molecule has 0 radical (unpaired) electrons. The average Bonchev–Trinajstić information content (AvgIpc) is 2.29. The Morgan fingerprint density at radius 3 is 1.95 bits per heavy atom. The van der Waals surface area contributed by atoms with Crippen molar-refractivity contribution in [3.05, 3.63) is 12.2 Å². The van der Waals surface area contributed by atoms with E-state index in [9.17, 15) is 40.0 Å². The van der Waals surface area contributed by atoms with Crippen LogP contribution in [0.25, 0.3) is 0 Å². The van der Waals surface area contributed by atoms with Crippen LogP contribution in [0.2, 0.25) is 0 Å². The number of hydrogen-bond acceptors (Lipinski definition) is 6. The van der Waals surface area contributed by atoms with Crippen molar-refractivity contribution in [2.75, 3.05) is 13.2 Å². The molecule has 1 N–H and O–H groups in total. The van der Waals surface area contributed by atoms with Crippen molar-refractivity contribution < 1.29 is 54.0 Å². The summed E-state index contributed by atoms with van der Waals surface area (Å²) in [5, 5.41) is -4.82. The topological polar surface area (TPSA) is 107 Å². The number of esters is 2. The van der Waals surface area contributed by atoms with Gasteiger partial charge in [0.1, 0.15) is 5.57 Å². The molecule has 0 amide bonds. The molecule has 0 atom stereocenters. The van der Waals surface area contributed by atoms with Crippen molar-refractivity contribution >= 4 is 22.1 Å². The van der Waals surface area contributed by atoms with Crippen LogP contribution in [0, 0.1) is 0 Å². The standard InChI is InChI=1S/C8H7F5O7S/c1-4(8(11,12)13)6(15)19-2-5(14)20-3-7(9,10)21(16,17)18/h1-3H2,(H,16,17,18). The van der Waals surface area contributed by atoms with Gasteiger partial charge in [0.25, 0.3) is 0 Å². The molecule has 122 valence electrons. The molecule has 0 spiro atoms. The van der Waals surface area contributed by atoms with Gasteiger partial charge in [-0.05, 0) is 0 Å². The third-order valence-electron chi connectivity index (χ3n) is 1.69. The van der Waals surface area contributed by atoms with Gasteiger partial charge in [0, 0.05) is 0 Å². The van der Waals surface area contributed by atoms with E-state index in [-0.39, 0.29) is 0 Å². The fourth-order valence-electron chi connectivity index (χ4n) is 0.608. The van der Waals surface area contributed by atoms with Crippen molar-refractivity contribution in [3.63, 3.8) is 0 Å². The molecule has 0 saturated carbocycles. The van der Waals surface area contributed by atoms with Gasteiger partial charge in [0.05, 0.1) is 0 Å². The third-order valence-corrected chi connectivity index (χ3v) is 2.56. The summed E-state index contributed by atoms with van der Waals surface area (Å²) in [7, 11) is -5.84. The molecule has 21 heavy (non-hydrogen) atoms. The molecule has 0 heterocycles. The van der Waals surface area contributed by atoms with E-state index in [4.69, 9.17) is 4.55 Å². The van der Waals surface area contributed by atoms with Gasteiger partial charge in [-0.25, -0.2) is 9.59 Å². The highest BCUT2D eigenvalue weighted by molar-refractivity contribution is 7.86. The van der Waals surface area contributed by atoms with E-state index >= 15 is 0 Å². The van der Waals surface area contributed by atoms with E-state index in [0.717, 1.165) is 0 Å². The maximum Gasteiger partial charge on any atom is 0.422 e. The smallest absolute Gasteiger partial charge is 0.422 e. The van der Waals surface area contributed by atoms with E-state index in [1.54, 1.807) is 0 Å². The van der Waals surface area contributed by atoms with Crippen LogP contribution in [-0.4, -0.2) is 49.6 Å². The quantitative estimate of drug-likeness (QED) is 0.327. The molecule has 0 aliphatic heterocycles. The van der Waals surface area contributed by atoms with Crippen molar-refractivity contribution in [2.24, 2.45) is 0 Å². The first-order chi connectivity index (χ1) is 9.18. The molecule has 0 unspecified atom stereocenters. The van der Waals surface area contributed by atoms with Gasteiger partial charge in [0.2, 0.25) is 0 Å². The molecule has 0 fully saturated rings. The molecular formula is C8H7F5O7S. The van der Waals surface area contributed by atoms with Gasteiger partial charge >= 0.3 is 33.5 Å². The largest absolute Gasteiger partial charge is 0.455 e. The SMILES string of the molecule is C=C(C(=O)OCC(=O)OCC(F)(F)S(=O)(=O)O)C(F)(F)F. The number of carbonyl (C=O) groups is 2. The lowest BCUT2D eigenvalue weighted by atomic mass is 10.3. The van der Waals surface area contributed by atoms with Crippen LogP contribution in [-0.2, 0) is 29.2 Å². The van der Waals surface area contributed by atoms with Gasteiger partial charge in [-0.2, -0.15) is 30.4 Å². The summed E-state index contributed by atoms with van der Waals surface area (Å²) < 4.78 is 96.7. The Morgan fingerprint density at radius 1 is 1.10 bits per heavy atom. The van der Waals surface area contributed by atoms with Crippen LogP contribution < -0.4 is 0 Å². The van der Waals surface area contributed by atoms with Gasteiger partial charge in [0.15, 0.2) is 13.2 Å². The third kappa shape index (κ3) is 6.03. The second kappa shape index (κ2) is 6.34. The van der Waals surface area contributed by atoms with Crippen molar-refractivity contribution in [2.45, 2.75) is 11.4 Å². The van der Waals surface area contributed by atoms with Crippen LogP contribution in [0.4, 0.5) is 22.0 Å². The molecule has 7 nitrogen and oxygen atoms in total. The zero-order chi connectivity index (χ0) is 17.1. The predicted molar refractivity (Wildman–Crippen MR) is 53.6 cm³/mol. The van der Waals surface area contributed by atoms with Gasteiger partial charge < -0.3 is 9.47 Å². The van der Waals surface area contributed by atoms with E-state index < -0.39 is 52.3 Å². The lowest BCUT2D eigenvalue weighted by Gasteiger charge is -2.13. The monoisotopic (exact) mass is 342 g/mol. The summed E-state index contributed by atoms with van der Waals surface area (Å²) in [6.45, 7) is -1.26. The molecule has 0 saturated heterocycles. The summed E-state index contributed by atoms with van der Waals surface area (Å²) >= 11 is 0. The van der Waals surface area contributed by atoms with Crippen LogP contribution >= 0.6 is 0 Å². The normalized spacial score (nSPS) is 12.7. The Hall–Kier alpha value is -1.76. The predicted octanol–water partition coefficient (Wildman–Crippen LogP) is 0.672. The molecule has 0 aromatic heterocycles. The minimum Gasteiger partial charge on any atom is -0.455 e. The second-order valence-electron chi connectivity index (χ2n) is 3.33. The van der Waals surface area contributed by atoms with Crippen LogP contribution in [0.5, 0.6) is 0 Å². The van der Waals surface area contributed by atoms with E-state index in [1.807, 2.05) is 0 Å². The zero-order valence-electron chi connectivity index (χ0n) is 9.82. The zero-order valence-corrected chi connectivity index (χ0v) is 10.6. The molecule has 0 rings (SSSR count). The number of carbonyl (C=O) groups excluding carboxylic acids is 2. The summed E-state index contributed by atoms with van der Waals surface area (Å²) in [5.41, 5.74) is -1.95. The number of halogens is 5. The first-order valence-electron chi connectivity index (χ1n) is 4.62. The van der Waals surface area contributed by atoms with E-state index in [1.165, 1.54) is 0 Å². The number of rotatable bonds is 6. The van der Waals surface area contributed by atoms with Crippen molar-refractivity contribution in [1.82, 2.24) is 0 Å². The van der Waals surface area contributed by atoms with E-state index in [2.05, 4.69) is 16.1 Å². The summed E-state index contributed by atoms with van der Waals surface area (Å²) in [6, 6.07) is 0. The number of alkyl halides is 5. The van der Waals surface area contributed by atoms with Gasteiger partial charge in [-0.15, -0.1) is 0 Å². The van der Waals surface area contributed by atoms with E-state index in [0.29, 0.717) is 0 Å². The highest BCUT2D eigenvalue weighted by atomic mass is 32.2. The van der Waals surface area contributed by atoms with Crippen LogP contribution in [0.15, 0.2) is 12.2 Å². The highest BCUT2D eigenvalue weighted by Gasteiger charge is 2.45. The Bertz CT molecular complexity index is 536. The summed E-state index contributed by atoms with van der Waals surface area (Å²) in [6.07, 6.45) is -5.11. The molecule has 0 aliphatic carbocycles. The number of hydrogen-bond donors (Lipinski definition) is 1. The fourth-order valence-corrected chi connectivity index (χ4v) is 0.816. The summed E-state index contributed by atoms with van der Waals surface area (Å²) in [5.74, 6) is -3.80. The van der Waals surface area contributed by atoms with Crippen LogP contribution in [0.1, 0.15) is 0 Å². The van der Waals surface area contributed by atoms with Crippen molar-refractivity contribution in [1.29, 1.82) is 0 Å².